The molecule has 1 aromatic carbocycles. The first-order valence-corrected chi connectivity index (χ1v) is 7.20. The van der Waals surface area contributed by atoms with E-state index in [9.17, 15) is 9.50 Å². The van der Waals surface area contributed by atoms with E-state index in [1.165, 1.54) is 12.1 Å². The van der Waals surface area contributed by atoms with E-state index in [0.717, 1.165) is 10.7 Å². The summed E-state index contributed by atoms with van der Waals surface area (Å²) in [6, 6.07) is 6.14. The van der Waals surface area contributed by atoms with Crippen LogP contribution in [-0.4, -0.2) is 29.3 Å². The molecule has 0 amide bonds. The molecule has 0 aliphatic heterocycles. The first-order valence-electron chi connectivity index (χ1n) is 6.32. The van der Waals surface area contributed by atoms with Gasteiger partial charge in [0.2, 0.25) is 0 Å². The van der Waals surface area contributed by atoms with Crippen molar-refractivity contribution in [1.29, 1.82) is 0 Å². The van der Waals surface area contributed by atoms with Gasteiger partial charge in [0.1, 0.15) is 17.7 Å². The standard InChI is InChI=1S/C14H17FN2O2S/c1-10-9-20-14(17-10)7-16-6-11(18)8-19-13-5-3-2-4-12(13)15/h2-5,9,11,16,18H,6-8H2,1H3. The van der Waals surface area contributed by atoms with Crippen molar-refractivity contribution in [1.82, 2.24) is 10.3 Å². The van der Waals surface area contributed by atoms with Crippen LogP contribution in [0.2, 0.25) is 0 Å². The lowest BCUT2D eigenvalue weighted by Crippen LogP contribution is -2.31. The number of nitrogens with zero attached hydrogens (tertiary/aromatic N) is 1. The molecule has 6 heteroatoms. The first kappa shape index (κ1) is 14.9. The van der Waals surface area contributed by atoms with E-state index in [-0.39, 0.29) is 12.4 Å². The van der Waals surface area contributed by atoms with Gasteiger partial charge in [-0.3, -0.25) is 0 Å². The fourth-order valence-electron chi connectivity index (χ4n) is 1.64. The van der Waals surface area contributed by atoms with Crippen LogP contribution in [0.4, 0.5) is 4.39 Å². The highest BCUT2D eigenvalue weighted by Crippen LogP contribution is 2.15. The SMILES string of the molecule is Cc1csc(CNCC(O)COc2ccccc2F)n1. The molecule has 1 heterocycles. The molecule has 2 N–H and O–H groups in total. The summed E-state index contributed by atoms with van der Waals surface area (Å²) >= 11 is 1.58. The molecule has 2 rings (SSSR count). The molecule has 0 bridgehead atoms. The number of benzene rings is 1. The fraction of sp³-hybridized carbons (Fsp3) is 0.357. The molecule has 0 saturated carbocycles. The van der Waals surface area contributed by atoms with Crippen LogP contribution < -0.4 is 10.1 Å². The Bertz CT molecular complexity index is 547. The lowest BCUT2D eigenvalue weighted by Gasteiger charge is -2.13. The van der Waals surface area contributed by atoms with Gasteiger partial charge in [-0.25, -0.2) is 9.37 Å². The van der Waals surface area contributed by atoms with Crippen LogP contribution in [0.1, 0.15) is 10.7 Å². The van der Waals surface area contributed by atoms with Crippen molar-refractivity contribution in [2.75, 3.05) is 13.2 Å². The van der Waals surface area contributed by atoms with E-state index in [1.54, 1.807) is 23.5 Å². The van der Waals surface area contributed by atoms with Crippen molar-refractivity contribution >= 4 is 11.3 Å². The minimum absolute atomic E-state index is 0.0465. The molecule has 20 heavy (non-hydrogen) atoms. The molecule has 0 aliphatic rings. The second-order valence-corrected chi connectivity index (χ2v) is 5.35. The van der Waals surface area contributed by atoms with E-state index >= 15 is 0 Å². The van der Waals surface area contributed by atoms with Crippen LogP contribution in [0.15, 0.2) is 29.6 Å². The highest BCUT2D eigenvalue weighted by Gasteiger charge is 2.08. The highest BCUT2D eigenvalue weighted by atomic mass is 32.1. The molecule has 1 aromatic heterocycles. The Balaban J connectivity index is 1.68. The van der Waals surface area contributed by atoms with Crippen LogP contribution in [0.25, 0.3) is 0 Å². The number of thiazole rings is 1. The van der Waals surface area contributed by atoms with Gasteiger partial charge in [0.15, 0.2) is 11.6 Å². The maximum absolute atomic E-state index is 13.3. The molecule has 108 valence electrons. The first-order chi connectivity index (χ1) is 9.65. The molecule has 1 atom stereocenters. The van der Waals surface area contributed by atoms with Crippen LogP contribution in [-0.2, 0) is 6.54 Å². The van der Waals surface area contributed by atoms with Gasteiger partial charge >= 0.3 is 0 Å². The third kappa shape index (κ3) is 4.56. The summed E-state index contributed by atoms with van der Waals surface area (Å²) in [5.41, 5.74) is 0.996. The zero-order valence-corrected chi connectivity index (χ0v) is 12.0. The summed E-state index contributed by atoms with van der Waals surface area (Å²) in [6.07, 6.45) is -0.698. The number of ether oxygens (including phenoxy) is 1. The van der Waals surface area contributed by atoms with E-state index in [4.69, 9.17) is 4.74 Å². The van der Waals surface area contributed by atoms with E-state index < -0.39 is 11.9 Å². The molecule has 0 radical (unpaired) electrons. The second kappa shape index (κ2) is 7.33. The van der Waals surface area contributed by atoms with Crippen LogP contribution in [0.3, 0.4) is 0 Å². The van der Waals surface area contributed by atoms with Gasteiger partial charge in [0, 0.05) is 24.2 Å². The number of nitrogens with one attached hydrogen (secondary N) is 1. The van der Waals surface area contributed by atoms with Crippen LogP contribution in [0, 0.1) is 12.7 Å². The summed E-state index contributed by atoms with van der Waals surface area (Å²) < 4.78 is 18.5. The Labute approximate surface area is 121 Å². The number of aliphatic hydroxyl groups is 1. The molecular weight excluding hydrogens is 279 g/mol. The summed E-state index contributed by atoms with van der Waals surface area (Å²) in [5, 5.41) is 15.8. The Morgan fingerprint density at radius 2 is 2.25 bits per heavy atom. The normalized spacial score (nSPS) is 12.3. The molecular formula is C14H17FN2O2S. The topological polar surface area (TPSA) is 54.4 Å². The number of hydrogen-bond donors (Lipinski definition) is 2. The Kier molecular flexibility index (Phi) is 5.46. The lowest BCUT2D eigenvalue weighted by molar-refractivity contribution is 0.104. The Morgan fingerprint density at radius 1 is 1.45 bits per heavy atom. The minimum atomic E-state index is -0.698. The van der Waals surface area contributed by atoms with Gasteiger partial charge in [0.25, 0.3) is 0 Å². The molecule has 0 spiro atoms. The summed E-state index contributed by atoms with van der Waals surface area (Å²) in [6.45, 7) is 2.96. The van der Waals surface area contributed by atoms with Crippen molar-refractivity contribution < 1.29 is 14.2 Å². The van der Waals surface area contributed by atoms with Gasteiger partial charge in [-0.1, -0.05) is 12.1 Å². The zero-order chi connectivity index (χ0) is 14.4. The van der Waals surface area contributed by atoms with Gasteiger partial charge in [-0.05, 0) is 19.1 Å². The monoisotopic (exact) mass is 296 g/mol. The van der Waals surface area contributed by atoms with E-state index in [0.29, 0.717) is 13.1 Å². The van der Waals surface area contributed by atoms with Gasteiger partial charge in [-0.15, -0.1) is 11.3 Å². The van der Waals surface area contributed by atoms with Gasteiger partial charge < -0.3 is 15.2 Å². The molecule has 0 aliphatic carbocycles. The average Bonchev–Trinajstić information content (AvgIpc) is 2.83. The quantitative estimate of drug-likeness (QED) is 0.822. The minimum Gasteiger partial charge on any atom is -0.488 e. The predicted molar refractivity (Wildman–Crippen MR) is 76.5 cm³/mol. The lowest BCUT2D eigenvalue weighted by atomic mass is 10.3. The van der Waals surface area contributed by atoms with Crippen molar-refractivity contribution in [3.8, 4) is 5.75 Å². The smallest absolute Gasteiger partial charge is 0.165 e. The molecule has 1 unspecified atom stereocenters. The number of aryl methyl sites for hydroxylation is 1. The van der Waals surface area contributed by atoms with Gasteiger partial charge in [-0.2, -0.15) is 0 Å². The maximum atomic E-state index is 13.3. The Morgan fingerprint density at radius 3 is 2.95 bits per heavy atom. The number of hydrogen-bond acceptors (Lipinski definition) is 5. The van der Waals surface area contributed by atoms with E-state index in [2.05, 4.69) is 10.3 Å². The fourth-order valence-corrected chi connectivity index (χ4v) is 2.38. The number of rotatable bonds is 7. The number of aliphatic hydroxyl groups excluding tert-OH is 1. The maximum Gasteiger partial charge on any atom is 0.165 e. The third-order valence-electron chi connectivity index (χ3n) is 2.59. The number of aromatic nitrogens is 1. The summed E-state index contributed by atoms with van der Waals surface area (Å²) in [5.74, 6) is -0.270. The van der Waals surface area contributed by atoms with E-state index in [1.807, 2.05) is 12.3 Å². The predicted octanol–water partition coefficient (Wildman–Crippen LogP) is 2.12. The van der Waals surface area contributed by atoms with Crippen LogP contribution >= 0.6 is 11.3 Å². The van der Waals surface area contributed by atoms with Crippen molar-refractivity contribution in [3.05, 3.63) is 46.2 Å². The Hall–Kier alpha value is -1.50. The van der Waals surface area contributed by atoms with Gasteiger partial charge in [0.05, 0.1) is 0 Å². The largest absolute Gasteiger partial charge is 0.488 e. The highest BCUT2D eigenvalue weighted by molar-refractivity contribution is 7.09. The van der Waals surface area contributed by atoms with Crippen LogP contribution in [0.5, 0.6) is 5.75 Å². The number of halogens is 1. The van der Waals surface area contributed by atoms with Crippen molar-refractivity contribution in [3.63, 3.8) is 0 Å². The third-order valence-corrected chi connectivity index (χ3v) is 3.56. The molecule has 0 fully saturated rings. The molecule has 0 saturated heterocycles. The molecule has 4 nitrogen and oxygen atoms in total. The van der Waals surface area contributed by atoms with Crippen molar-refractivity contribution in [2.24, 2.45) is 0 Å². The average molecular weight is 296 g/mol. The zero-order valence-electron chi connectivity index (χ0n) is 11.2. The summed E-state index contributed by atoms with van der Waals surface area (Å²) in [4.78, 5) is 4.31. The second-order valence-electron chi connectivity index (χ2n) is 4.41. The molecule has 2 aromatic rings. The number of para-hydroxylation sites is 1. The summed E-state index contributed by atoms with van der Waals surface area (Å²) in [7, 11) is 0. The van der Waals surface area contributed by atoms with Crippen molar-refractivity contribution in [2.45, 2.75) is 19.6 Å².